The maximum Gasteiger partial charge on any atom is 0.239 e. The van der Waals surface area contributed by atoms with Gasteiger partial charge in [0.2, 0.25) is 5.91 Å². The van der Waals surface area contributed by atoms with Crippen molar-refractivity contribution in [2.24, 2.45) is 0 Å². The van der Waals surface area contributed by atoms with Crippen molar-refractivity contribution in [2.45, 2.75) is 37.5 Å². The molecule has 22 heavy (non-hydrogen) atoms. The van der Waals surface area contributed by atoms with Gasteiger partial charge in [0.15, 0.2) is 0 Å². The molecule has 3 nitrogen and oxygen atoms in total. The molecule has 3 heteroatoms. The third-order valence-corrected chi connectivity index (χ3v) is 4.84. The SMILES string of the molecule is O=C(NCc1ccccc1)C1N(Cc2ccccc2)C12CC2. The van der Waals surface area contributed by atoms with Crippen LogP contribution in [0.3, 0.4) is 0 Å². The lowest BCUT2D eigenvalue weighted by Gasteiger charge is -2.06. The number of benzene rings is 2. The molecular formula is C19H20N2O. The first-order valence-corrected chi connectivity index (χ1v) is 7.92. The second-order valence-corrected chi connectivity index (χ2v) is 6.32. The first-order valence-electron chi connectivity index (χ1n) is 7.92. The first kappa shape index (κ1) is 13.5. The second-order valence-electron chi connectivity index (χ2n) is 6.32. The molecule has 112 valence electrons. The van der Waals surface area contributed by atoms with Crippen molar-refractivity contribution in [3.63, 3.8) is 0 Å². The Kier molecular flexibility index (Phi) is 3.23. The van der Waals surface area contributed by atoms with Crippen molar-refractivity contribution < 1.29 is 4.79 Å². The van der Waals surface area contributed by atoms with Gasteiger partial charge in [0.1, 0.15) is 6.04 Å². The molecule has 2 aliphatic rings. The molecule has 1 N–H and O–H groups in total. The van der Waals surface area contributed by atoms with Crippen LogP contribution >= 0.6 is 0 Å². The molecule has 0 bridgehead atoms. The van der Waals surface area contributed by atoms with E-state index in [-0.39, 0.29) is 17.5 Å². The van der Waals surface area contributed by atoms with Gasteiger partial charge in [0, 0.05) is 18.6 Å². The second kappa shape index (κ2) is 5.25. The molecule has 1 aliphatic heterocycles. The summed E-state index contributed by atoms with van der Waals surface area (Å²) in [5.74, 6) is 0.178. The van der Waals surface area contributed by atoms with Crippen molar-refractivity contribution >= 4 is 5.91 Å². The number of carbonyl (C=O) groups is 1. The Bertz CT molecular complexity index is 664. The fraction of sp³-hybridized carbons (Fsp3) is 0.316. The molecule has 1 spiro atoms. The lowest BCUT2D eigenvalue weighted by atomic mass is 10.2. The molecule has 2 unspecified atom stereocenters. The minimum absolute atomic E-state index is 0.0661. The zero-order valence-corrected chi connectivity index (χ0v) is 12.5. The molecule has 2 aromatic rings. The average Bonchev–Trinajstić information content (AvgIpc) is 3.47. The van der Waals surface area contributed by atoms with Crippen LogP contribution in [0.5, 0.6) is 0 Å². The first-order chi connectivity index (χ1) is 10.8. The Balaban J connectivity index is 1.37. The van der Waals surface area contributed by atoms with Crippen molar-refractivity contribution in [1.29, 1.82) is 0 Å². The number of rotatable bonds is 5. The van der Waals surface area contributed by atoms with E-state index in [1.807, 2.05) is 36.4 Å². The molecule has 2 aromatic carbocycles. The predicted octanol–water partition coefficient (Wildman–Crippen LogP) is 2.72. The van der Waals surface area contributed by atoms with E-state index in [4.69, 9.17) is 0 Å². The predicted molar refractivity (Wildman–Crippen MR) is 86.0 cm³/mol. The average molecular weight is 292 g/mol. The summed E-state index contributed by atoms with van der Waals surface area (Å²) >= 11 is 0. The molecule has 1 aliphatic carbocycles. The molecule has 2 atom stereocenters. The normalized spacial score (nSPS) is 24.0. The van der Waals surface area contributed by atoms with E-state index in [1.54, 1.807) is 0 Å². The largest absolute Gasteiger partial charge is 0.351 e. The number of carbonyl (C=O) groups excluding carboxylic acids is 1. The van der Waals surface area contributed by atoms with Gasteiger partial charge in [0.05, 0.1) is 0 Å². The highest BCUT2D eigenvalue weighted by Gasteiger charge is 2.72. The van der Waals surface area contributed by atoms with Crippen LogP contribution in [0.1, 0.15) is 24.0 Å². The van der Waals surface area contributed by atoms with Gasteiger partial charge in [-0.25, -0.2) is 0 Å². The van der Waals surface area contributed by atoms with Crippen LogP contribution in [0.15, 0.2) is 60.7 Å². The van der Waals surface area contributed by atoms with Gasteiger partial charge in [0.25, 0.3) is 0 Å². The van der Waals surface area contributed by atoms with Gasteiger partial charge < -0.3 is 5.32 Å². The highest BCUT2D eigenvalue weighted by atomic mass is 16.2. The number of amides is 1. The summed E-state index contributed by atoms with van der Waals surface area (Å²) in [6.07, 6.45) is 2.31. The van der Waals surface area contributed by atoms with E-state index in [0.29, 0.717) is 6.54 Å². The molecule has 2 fully saturated rings. The highest BCUT2D eigenvalue weighted by Crippen LogP contribution is 2.60. The molecule has 0 aromatic heterocycles. The monoisotopic (exact) mass is 292 g/mol. The summed E-state index contributed by atoms with van der Waals surface area (Å²) in [6, 6.07) is 20.6. The van der Waals surface area contributed by atoms with E-state index in [0.717, 1.165) is 24.9 Å². The lowest BCUT2D eigenvalue weighted by Crippen LogP contribution is -2.30. The summed E-state index contributed by atoms with van der Waals surface area (Å²) in [5, 5.41) is 3.09. The molecule has 1 amide bonds. The lowest BCUT2D eigenvalue weighted by molar-refractivity contribution is -0.121. The Hall–Kier alpha value is -2.13. The van der Waals surface area contributed by atoms with Gasteiger partial charge in [-0.05, 0) is 24.0 Å². The van der Waals surface area contributed by atoms with Crippen LogP contribution in [0.4, 0.5) is 0 Å². The number of nitrogens with zero attached hydrogens (tertiary/aromatic N) is 1. The minimum atomic E-state index is 0.0661. The number of nitrogens with one attached hydrogen (secondary N) is 1. The van der Waals surface area contributed by atoms with Crippen LogP contribution in [-0.4, -0.2) is 22.4 Å². The Labute approximate surface area is 131 Å². The van der Waals surface area contributed by atoms with Crippen LogP contribution in [0.2, 0.25) is 0 Å². The maximum atomic E-state index is 12.5. The summed E-state index contributed by atoms with van der Waals surface area (Å²) in [6.45, 7) is 1.50. The van der Waals surface area contributed by atoms with E-state index in [2.05, 4.69) is 34.5 Å². The Morgan fingerprint density at radius 1 is 1.00 bits per heavy atom. The number of hydrogen-bond acceptors (Lipinski definition) is 2. The molecule has 1 saturated heterocycles. The van der Waals surface area contributed by atoms with Gasteiger partial charge in [-0.1, -0.05) is 60.7 Å². The van der Waals surface area contributed by atoms with Crippen molar-refractivity contribution in [2.75, 3.05) is 0 Å². The van der Waals surface area contributed by atoms with Crippen LogP contribution < -0.4 is 5.32 Å². The topological polar surface area (TPSA) is 32.1 Å². The van der Waals surface area contributed by atoms with E-state index in [9.17, 15) is 4.79 Å². The standard InChI is InChI=1S/C19H20N2O/c22-18(20-13-15-7-3-1-4-8-15)17-19(11-12-19)21(17)14-16-9-5-2-6-10-16/h1-10,17H,11-14H2,(H,20,22). The van der Waals surface area contributed by atoms with E-state index in [1.165, 1.54) is 5.56 Å². The molecule has 1 saturated carbocycles. The van der Waals surface area contributed by atoms with Crippen LogP contribution in [0.25, 0.3) is 0 Å². The Morgan fingerprint density at radius 3 is 2.18 bits per heavy atom. The zero-order valence-electron chi connectivity index (χ0n) is 12.5. The van der Waals surface area contributed by atoms with Gasteiger partial charge in [-0.2, -0.15) is 0 Å². The van der Waals surface area contributed by atoms with E-state index >= 15 is 0 Å². The minimum Gasteiger partial charge on any atom is -0.351 e. The van der Waals surface area contributed by atoms with Gasteiger partial charge >= 0.3 is 0 Å². The van der Waals surface area contributed by atoms with Gasteiger partial charge in [-0.3, -0.25) is 9.69 Å². The molecule has 4 rings (SSSR count). The Morgan fingerprint density at radius 2 is 1.59 bits per heavy atom. The molecule has 0 radical (unpaired) electrons. The molecular weight excluding hydrogens is 272 g/mol. The third kappa shape index (κ3) is 2.42. The van der Waals surface area contributed by atoms with Gasteiger partial charge in [-0.15, -0.1) is 0 Å². The van der Waals surface area contributed by atoms with Crippen molar-refractivity contribution in [3.05, 3.63) is 71.8 Å². The molecule has 1 heterocycles. The fourth-order valence-corrected chi connectivity index (χ4v) is 3.42. The van der Waals surface area contributed by atoms with Crippen LogP contribution in [0, 0.1) is 0 Å². The summed E-state index contributed by atoms with van der Waals surface area (Å²) < 4.78 is 0. The number of hydrogen-bond donors (Lipinski definition) is 1. The smallest absolute Gasteiger partial charge is 0.239 e. The van der Waals surface area contributed by atoms with Crippen molar-refractivity contribution in [1.82, 2.24) is 10.2 Å². The quantitative estimate of drug-likeness (QED) is 0.859. The van der Waals surface area contributed by atoms with E-state index < -0.39 is 0 Å². The van der Waals surface area contributed by atoms with Crippen molar-refractivity contribution in [3.8, 4) is 0 Å². The third-order valence-electron chi connectivity index (χ3n) is 4.84. The maximum absolute atomic E-state index is 12.5. The summed E-state index contributed by atoms with van der Waals surface area (Å²) in [7, 11) is 0. The fourth-order valence-electron chi connectivity index (χ4n) is 3.42. The summed E-state index contributed by atoms with van der Waals surface area (Å²) in [5.41, 5.74) is 2.61. The van der Waals surface area contributed by atoms with Crippen LogP contribution in [-0.2, 0) is 17.9 Å². The summed E-state index contributed by atoms with van der Waals surface area (Å²) in [4.78, 5) is 14.8. The zero-order chi connectivity index (χ0) is 15.0. The highest BCUT2D eigenvalue weighted by molar-refractivity contribution is 5.88.